The molecule has 0 aliphatic heterocycles. The van der Waals surface area contributed by atoms with E-state index in [1.54, 1.807) is 0 Å². The number of phenolic OH excluding ortho intramolecular Hbond substituents is 2. The summed E-state index contributed by atoms with van der Waals surface area (Å²) >= 11 is 0. The molecule has 0 amide bonds. The summed E-state index contributed by atoms with van der Waals surface area (Å²) in [6.45, 7) is 0. The van der Waals surface area contributed by atoms with Crippen molar-refractivity contribution in [2.24, 2.45) is 0 Å². The van der Waals surface area contributed by atoms with Gasteiger partial charge in [0.25, 0.3) is 0 Å². The molecule has 0 aliphatic rings. The summed E-state index contributed by atoms with van der Waals surface area (Å²) in [5.74, 6) is 1.56. The first-order valence-electron chi connectivity index (χ1n) is 8.97. The lowest BCUT2D eigenvalue weighted by atomic mass is 10.1. The second kappa shape index (κ2) is 11.9. The van der Waals surface area contributed by atoms with E-state index in [1.807, 2.05) is 0 Å². The van der Waals surface area contributed by atoms with Gasteiger partial charge in [-0.2, -0.15) is 0 Å². The Balaban J connectivity index is 2.16. The first-order chi connectivity index (χ1) is 15.9. The molecular formula is C24H14O9. The second-order valence-electron chi connectivity index (χ2n) is 6.03. The number of aromatic hydroxyl groups is 2. The Bertz CT molecular complexity index is 1190. The van der Waals surface area contributed by atoms with Gasteiger partial charge in [0.1, 0.15) is 5.94 Å². The number of carbonyl (C=O) groups is 2. The van der Waals surface area contributed by atoms with Crippen molar-refractivity contribution in [3.8, 4) is 23.0 Å². The first-order valence-corrected chi connectivity index (χ1v) is 8.97. The molecular weight excluding hydrogens is 432 g/mol. The summed E-state index contributed by atoms with van der Waals surface area (Å²) in [6.07, 6.45) is 5.81. The van der Waals surface area contributed by atoms with Crippen molar-refractivity contribution in [1.29, 1.82) is 0 Å². The summed E-state index contributed by atoms with van der Waals surface area (Å²) < 4.78 is 9.72. The predicted molar refractivity (Wildman–Crippen MR) is 115 cm³/mol. The molecule has 0 bridgehead atoms. The Labute approximate surface area is 186 Å². The third-order valence-corrected chi connectivity index (χ3v) is 3.88. The van der Waals surface area contributed by atoms with Gasteiger partial charge in [-0.3, -0.25) is 9.59 Å². The highest BCUT2D eigenvalue weighted by Crippen LogP contribution is 2.28. The number of ether oxygens (including phenoxy) is 2. The van der Waals surface area contributed by atoms with Gasteiger partial charge in [0.05, 0.1) is 0 Å². The fourth-order valence-electron chi connectivity index (χ4n) is 2.37. The summed E-state index contributed by atoms with van der Waals surface area (Å²) in [6, 6.07) is 7.97. The lowest BCUT2D eigenvalue weighted by Crippen LogP contribution is -2.09. The molecule has 0 spiro atoms. The zero-order chi connectivity index (χ0) is 24.2. The molecule has 33 heavy (non-hydrogen) atoms. The molecule has 0 unspecified atom stereocenters. The van der Waals surface area contributed by atoms with Crippen LogP contribution in [-0.4, -0.2) is 39.6 Å². The lowest BCUT2D eigenvalue weighted by Gasteiger charge is -2.03. The topological polar surface area (TPSA) is 144 Å². The monoisotopic (exact) mass is 446 g/mol. The van der Waals surface area contributed by atoms with Gasteiger partial charge in [-0.05, 0) is 47.5 Å². The number of hydrogen-bond acceptors (Lipinski definition) is 9. The Morgan fingerprint density at radius 1 is 0.727 bits per heavy atom. The minimum Gasteiger partial charge on any atom is -0.504 e. The molecule has 0 radical (unpaired) electrons. The Hall–Kier alpha value is -5.19. The van der Waals surface area contributed by atoms with Gasteiger partial charge in [-0.15, -0.1) is 0 Å². The number of phenols is 2. The minimum atomic E-state index is -0.922. The largest absolute Gasteiger partial charge is 0.504 e. The van der Waals surface area contributed by atoms with Crippen LogP contribution in [0.5, 0.6) is 23.0 Å². The Morgan fingerprint density at radius 3 is 1.52 bits per heavy atom. The maximum Gasteiger partial charge on any atom is 0.200 e. The molecule has 2 N–H and O–H groups in total. The van der Waals surface area contributed by atoms with E-state index in [1.165, 1.54) is 66.4 Å². The standard InChI is InChI=1S/C24H14O9/c25-9-11-32-23-13-16(3-7-21(23)30)1-5-19(28)18(15-27)20(29)6-2-17-4-8-22(31)24(14-17)33-12-10-26/h1-8,11-14,30-31H/b5-1+,6-2+. The number of carbonyl (C=O) groups excluding carboxylic acids is 5. The van der Waals surface area contributed by atoms with E-state index < -0.39 is 17.1 Å². The van der Waals surface area contributed by atoms with E-state index in [-0.39, 0.29) is 23.0 Å². The molecule has 0 atom stereocenters. The van der Waals surface area contributed by atoms with Crippen molar-refractivity contribution in [2.75, 3.05) is 0 Å². The van der Waals surface area contributed by atoms with Crippen LogP contribution >= 0.6 is 0 Å². The van der Waals surface area contributed by atoms with E-state index in [9.17, 15) is 34.2 Å². The number of hydrogen-bond donors (Lipinski definition) is 2. The van der Waals surface area contributed by atoms with Crippen molar-refractivity contribution >= 4 is 41.5 Å². The zero-order valence-electron chi connectivity index (χ0n) is 16.7. The summed E-state index contributed by atoms with van der Waals surface area (Å²) in [7, 11) is 0. The fraction of sp³-hybridized carbons (Fsp3) is 0. The van der Waals surface area contributed by atoms with E-state index in [2.05, 4.69) is 0 Å². The van der Waals surface area contributed by atoms with Gasteiger partial charge in [0.15, 0.2) is 53.0 Å². The smallest absolute Gasteiger partial charge is 0.200 e. The predicted octanol–water partition coefficient (Wildman–Crippen LogP) is 2.17. The number of benzene rings is 2. The average molecular weight is 446 g/mol. The van der Waals surface area contributed by atoms with Gasteiger partial charge in [0, 0.05) is 0 Å². The second-order valence-corrected chi connectivity index (χ2v) is 6.03. The molecule has 9 heteroatoms. The highest BCUT2D eigenvalue weighted by molar-refractivity contribution is 6.33. The highest BCUT2D eigenvalue weighted by Gasteiger charge is 2.15. The summed E-state index contributed by atoms with van der Waals surface area (Å²) in [4.78, 5) is 56.2. The quantitative estimate of drug-likeness (QED) is 0.184. The van der Waals surface area contributed by atoms with Crippen LogP contribution in [0.25, 0.3) is 12.2 Å². The molecule has 0 heterocycles. The maximum atomic E-state index is 12.3. The molecule has 164 valence electrons. The van der Waals surface area contributed by atoms with Crippen molar-refractivity contribution in [3.63, 3.8) is 0 Å². The van der Waals surface area contributed by atoms with Crippen molar-refractivity contribution in [2.45, 2.75) is 0 Å². The minimum absolute atomic E-state index is 0.0704. The van der Waals surface area contributed by atoms with Crippen LogP contribution in [0.15, 0.2) is 66.6 Å². The number of rotatable bonds is 10. The van der Waals surface area contributed by atoms with E-state index in [0.29, 0.717) is 23.7 Å². The van der Waals surface area contributed by atoms with E-state index in [0.717, 1.165) is 12.2 Å². The van der Waals surface area contributed by atoms with Gasteiger partial charge < -0.3 is 19.7 Å². The maximum absolute atomic E-state index is 12.3. The highest BCUT2D eigenvalue weighted by atomic mass is 16.5. The van der Waals surface area contributed by atoms with Crippen molar-refractivity contribution in [1.82, 2.24) is 0 Å². The van der Waals surface area contributed by atoms with Crippen LogP contribution in [0.4, 0.5) is 0 Å². The van der Waals surface area contributed by atoms with Gasteiger partial charge in [-0.25, -0.2) is 14.4 Å². The third-order valence-electron chi connectivity index (χ3n) is 3.88. The normalized spacial score (nSPS) is 10.1. The zero-order valence-corrected chi connectivity index (χ0v) is 16.7. The van der Waals surface area contributed by atoms with Crippen LogP contribution in [-0.2, 0) is 24.0 Å². The molecule has 2 aromatic carbocycles. The summed E-state index contributed by atoms with van der Waals surface area (Å²) in [5, 5.41) is 19.3. The van der Waals surface area contributed by atoms with Crippen molar-refractivity contribution < 1.29 is 43.7 Å². The molecule has 0 fully saturated rings. The third kappa shape index (κ3) is 6.93. The Kier molecular flexibility index (Phi) is 8.65. The molecule has 2 aromatic rings. The lowest BCUT2D eigenvalue weighted by molar-refractivity contribution is -0.116. The molecule has 0 aliphatic carbocycles. The molecule has 0 saturated carbocycles. The average Bonchev–Trinajstić information content (AvgIpc) is 2.81. The van der Waals surface area contributed by atoms with Crippen LogP contribution in [0.1, 0.15) is 11.1 Å². The molecule has 0 saturated heterocycles. The van der Waals surface area contributed by atoms with Gasteiger partial charge >= 0.3 is 0 Å². The first kappa shape index (κ1) is 24.1. The Morgan fingerprint density at radius 2 is 1.15 bits per heavy atom. The van der Waals surface area contributed by atoms with Crippen LogP contribution in [0, 0.1) is 0 Å². The molecule has 0 aromatic heterocycles. The van der Waals surface area contributed by atoms with E-state index in [4.69, 9.17) is 9.47 Å². The number of ketones is 2. The fourth-order valence-corrected chi connectivity index (χ4v) is 2.37. The van der Waals surface area contributed by atoms with Gasteiger partial charge in [0.2, 0.25) is 11.6 Å². The van der Waals surface area contributed by atoms with Crippen molar-refractivity contribution in [3.05, 3.63) is 77.8 Å². The van der Waals surface area contributed by atoms with Crippen LogP contribution in [0.2, 0.25) is 0 Å². The molecule has 2 rings (SSSR count). The summed E-state index contributed by atoms with van der Waals surface area (Å²) in [5.41, 5.74) is -0.0323. The SMILES string of the molecule is O=C=COc1cc(/C=C/C(=O)C(=C=O)C(=O)/C=C/c2ccc(O)c(OC=C=O)c2)ccc1O. The van der Waals surface area contributed by atoms with Crippen LogP contribution < -0.4 is 9.47 Å². The number of allylic oxidation sites excluding steroid dienone is 3. The molecule has 9 nitrogen and oxygen atoms in total. The van der Waals surface area contributed by atoms with Gasteiger partial charge in [-0.1, -0.05) is 24.3 Å². The van der Waals surface area contributed by atoms with E-state index >= 15 is 0 Å². The van der Waals surface area contributed by atoms with Crippen LogP contribution in [0.3, 0.4) is 0 Å².